The number of nitrogens with zero attached hydrogens (tertiary/aromatic N) is 1. The van der Waals surface area contributed by atoms with Gasteiger partial charge in [-0.3, -0.25) is 9.59 Å². The van der Waals surface area contributed by atoms with Crippen LogP contribution in [0.2, 0.25) is 0 Å². The van der Waals surface area contributed by atoms with Gasteiger partial charge in [-0.25, -0.2) is 0 Å². The molecule has 0 radical (unpaired) electrons. The second-order valence-electron chi connectivity index (χ2n) is 4.34. The maximum Gasteiger partial charge on any atom is 0.319 e. The molecule has 0 aromatic rings. The van der Waals surface area contributed by atoms with Crippen LogP contribution in [0, 0.1) is 0 Å². The van der Waals surface area contributed by atoms with Gasteiger partial charge < -0.3 is 10.0 Å². The molecule has 1 N–H and O–H groups in total. The quantitative estimate of drug-likeness (QED) is 0.772. The summed E-state index contributed by atoms with van der Waals surface area (Å²) < 4.78 is -0.889. The lowest BCUT2D eigenvalue weighted by atomic mass is 10.2. The molecule has 4 nitrogen and oxygen atoms in total. The van der Waals surface area contributed by atoms with E-state index in [2.05, 4.69) is 0 Å². The van der Waals surface area contributed by atoms with E-state index >= 15 is 0 Å². The Hall–Kier alpha value is -0.710. The molecule has 1 saturated carbocycles. The summed E-state index contributed by atoms with van der Waals surface area (Å²) in [4.78, 5) is 24.1. The first kappa shape index (κ1) is 12.4. The lowest BCUT2D eigenvalue weighted by Gasteiger charge is -2.21. The molecular formula is C10H17NO3S. The number of aliphatic carboxylic acids is 1. The highest BCUT2D eigenvalue weighted by Gasteiger charge is 2.32. The van der Waals surface area contributed by atoms with Crippen LogP contribution in [0.3, 0.4) is 0 Å². The van der Waals surface area contributed by atoms with Gasteiger partial charge in [0, 0.05) is 13.1 Å². The molecule has 0 aromatic heterocycles. The van der Waals surface area contributed by atoms with Crippen LogP contribution in [0.4, 0.5) is 0 Å². The van der Waals surface area contributed by atoms with Crippen LogP contribution >= 0.6 is 11.8 Å². The van der Waals surface area contributed by atoms with Gasteiger partial charge in [-0.05, 0) is 26.7 Å². The Bertz CT molecular complexity index is 274. The molecule has 1 amide bonds. The second-order valence-corrected chi connectivity index (χ2v) is 5.94. The number of carbonyl (C=O) groups excluding carboxylic acids is 1. The minimum Gasteiger partial charge on any atom is -0.480 e. The minimum atomic E-state index is -0.889. The van der Waals surface area contributed by atoms with E-state index in [0.29, 0.717) is 6.04 Å². The summed E-state index contributed by atoms with van der Waals surface area (Å²) in [5.41, 5.74) is 0. The maximum atomic E-state index is 11.6. The summed E-state index contributed by atoms with van der Waals surface area (Å²) in [7, 11) is 1.79. The molecule has 0 heterocycles. The Balaban J connectivity index is 2.35. The lowest BCUT2D eigenvalue weighted by Crippen LogP contribution is -2.34. The van der Waals surface area contributed by atoms with Gasteiger partial charge in [-0.2, -0.15) is 0 Å². The number of hydrogen-bond acceptors (Lipinski definition) is 3. The zero-order valence-electron chi connectivity index (χ0n) is 9.32. The number of amides is 1. The topological polar surface area (TPSA) is 57.6 Å². The zero-order valence-corrected chi connectivity index (χ0v) is 10.1. The second kappa shape index (κ2) is 4.43. The minimum absolute atomic E-state index is 0.0248. The van der Waals surface area contributed by atoms with Crippen molar-refractivity contribution in [1.82, 2.24) is 4.90 Å². The van der Waals surface area contributed by atoms with Crippen molar-refractivity contribution in [2.75, 3.05) is 12.8 Å². The molecular weight excluding hydrogens is 214 g/mol. The van der Waals surface area contributed by atoms with Crippen molar-refractivity contribution in [2.24, 2.45) is 0 Å². The highest BCUT2D eigenvalue weighted by Crippen LogP contribution is 2.28. The first-order valence-electron chi connectivity index (χ1n) is 4.97. The number of carboxylic acids is 1. The van der Waals surface area contributed by atoms with Crippen molar-refractivity contribution in [3.63, 3.8) is 0 Å². The van der Waals surface area contributed by atoms with E-state index in [1.54, 1.807) is 25.8 Å². The predicted octanol–water partition coefficient (Wildman–Crippen LogP) is 1.20. The van der Waals surface area contributed by atoms with Crippen LogP contribution in [0.15, 0.2) is 0 Å². The third kappa shape index (κ3) is 3.41. The average Bonchev–Trinajstić information content (AvgIpc) is 2.96. The summed E-state index contributed by atoms with van der Waals surface area (Å²) in [6.07, 6.45) is 2.16. The summed E-state index contributed by atoms with van der Waals surface area (Å²) >= 11 is 1.18. The van der Waals surface area contributed by atoms with Gasteiger partial charge in [-0.1, -0.05) is 0 Å². The molecule has 1 rings (SSSR count). The lowest BCUT2D eigenvalue weighted by molar-refractivity contribution is -0.138. The molecule has 1 aliphatic carbocycles. The van der Waals surface area contributed by atoms with Crippen molar-refractivity contribution in [3.05, 3.63) is 0 Å². The van der Waals surface area contributed by atoms with E-state index < -0.39 is 10.7 Å². The smallest absolute Gasteiger partial charge is 0.319 e. The molecule has 0 bridgehead atoms. The van der Waals surface area contributed by atoms with Crippen LogP contribution in [0.25, 0.3) is 0 Å². The van der Waals surface area contributed by atoms with Gasteiger partial charge in [0.1, 0.15) is 4.75 Å². The maximum absolute atomic E-state index is 11.6. The van der Waals surface area contributed by atoms with E-state index in [0.717, 1.165) is 12.8 Å². The van der Waals surface area contributed by atoms with Crippen LogP contribution in [0.1, 0.15) is 26.7 Å². The fraction of sp³-hybridized carbons (Fsp3) is 0.800. The van der Waals surface area contributed by atoms with Crippen molar-refractivity contribution in [3.8, 4) is 0 Å². The first-order valence-corrected chi connectivity index (χ1v) is 5.96. The molecule has 0 atom stereocenters. The van der Waals surface area contributed by atoms with Crippen molar-refractivity contribution in [2.45, 2.75) is 37.5 Å². The SMILES string of the molecule is CN(C(=O)CSC(C)(C)C(=O)O)C1CC1. The third-order valence-electron chi connectivity index (χ3n) is 2.56. The molecule has 0 aliphatic heterocycles. The number of rotatable bonds is 5. The molecule has 0 saturated heterocycles. The van der Waals surface area contributed by atoms with Crippen LogP contribution in [-0.2, 0) is 9.59 Å². The number of carboxylic acid groups (broad SMARTS) is 1. The highest BCUT2D eigenvalue weighted by molar-refractivity contribution is 8.01. The van der Waals surface area contributed by atoms with Crippen LogP contribution in [0.5, 0.6) is 0 Å². The number of carbonyl (C=O) groups is 2. The van der Waals surface area contributed by atoms with Crippen LogP contribution < -0.4 is 0 Å². The van der Waals surface area contributed by atoms with E-state index in [1.807, 2.05) is 0 Å². The molecule has 86 valence electrons. The van der Waals surface area contributed by atoms with Gasteiger partial charge in [0.2, 0.25) is 5.91 Å². The summed E-state index contributed by atoms with van der Waals surface area (Å²) in [5.74, 6) is -0.613. The van der Waals surface area contributed by atoms with Gasteiger partial charge in [-0.15, -0.1) is 11.8 Å². The normalized spacial score (nSPS) is 16.2. The Morgan fingerprint density at radius 3 is 2.40 bits per heavy atom. The molecule has 0 aromatic carbocycles. The third-order valence-corrected chi connectivity index (χ3v) is 3.85. The van der Waals surface area contributed by atoms with Crippen molar-refractivity contribution >= 4 is 23.6 Å². The molecule has 1 fully saturated rings. The highest BCUT2D eigenvalue weighted by atomic mass is 32.2. The largest absolute Gasteiger partial charge is 0.480 e. The van der Waals surface area contributed by atoms with Gasteiger partial charge in [0.15, 0.2) is 0 Å². The van der Waals surface area contributed by atoms with Crippen molar-refractivity contribution in [1.29, 1.82) is 0 Å². The predicted molar refractivity (Wildman–Crippen MR) is 60.0 cm³/mol. The molecule has 1 aliphatic rings. The first-order chi connectivity index (χ1) is 6.84. The van der Waals surface area contributed by atoms with E-state index in [1.165, 1.54) is 11.8 Å². The summed E-state index contributed by atoms with van der Waals surface area (Å²) in [6.45, 7) is 3.23. The Morgan fingerprint density at radius 2 is 2.00 bits per heavy atom. The summed E-state index contributed by atoms with van der Waals surface area (Å²) in [6, 6.07) is 0.394. The fourth-order valence-electron chi connectivity index (χ4n) is 1.07. The van der Waals surface area contributed by atoms with Crippen LogP contribution in [-0.4, -0.2) is 45.5 Å². The van der Waals surface area contributed by atoms with E-state index in [9.17, 15) is 9.59 Å². The Labute approximate surface area is 94.0 Å². The van der Waals surface area contributed by atoms with Crippen molar-refractivity contribution < 1.29 is 14.7 Å². The standard InChI is InChI=1S/C10H17NO3S/c1-10(2,9(13)14)15-6-8(12)11(3)7-4-5-7/h7H,4-6H2,1-3H3,(H,13,14). The molecule has 0 unspecified atom stereocenters. The summed E-state index contributed by atoms with van der Waals surface area (Å²) in [5, 5.41) is 8.87. The molecule has 0 spiro atoms. The fourth-order valence-corrected chi connectivity index (χ4v) is 1.88. The van der Waals surface area contributed by atoms with E-state index in [4.69, 9.17) is 5.11 Å². The Kier molecular flexibility index (Phi) is 3.65. The zero-order chi connectivity index (χ0) is 11.6. The van der Waals surface area contributed by atoms with E-state index in [-0.39, 0.29) is 11.7 Å². The molecule has 15 heavy (non-hydrogen) atoms. The Morgan fingerprint density at radius 1 is 1.47 bits per heavy atom. The van der Waals surface area contributed by atoms with Gasteiger partial charge >= 0.3 is 5.97 Å². The monoisotopic (exact) mass is 231 g/mol. The van der Waals surface area contributed by atoms with Gasteiger partial charge in [0.05, 0.1) is 5.75 Å². The average molecular weight is 231 g/mol. The number of thioether (sulfide) groups is 1. The molecule has 5 heteroatoms. The number of hydrogen-bond donors (Lipinski definition) is 1. The van der Waals surface area contributed by atoms with Gasteiger partial charge in [0.25, 0.3) is 0 Å².